The van der Waals surface area contributed by atoms with Gasteiger partial charge in [0, 0.05) is 31.7 Å². The van der Waals surface area contributed by atoms with Crippen LogP contribution >= 0.6 is 12.2 Å². The Morgan fingerprint density at radius 1 is 1.25 bits per heavy atom. The van der Waals surface area contributed by atoms with Crippen LogP contribution in [0.5, 0.6) is 0 Å². The predicted octanol–water partition coefficient (Wildman–Crippen LogP) is 1.43. The fraction of sp³-hybridized carbons (Fsp3) is 0.467. The number of thiocarbonyl (C=S) groups is 1. The predicted molar refractivity (Wildman–Crippen MR) is 84.9 cm³/mol. The molecule has 0 saturated carbocycles. The van der Waals surface area contributed by atoms with Crippen LogP contribution in [0.3, 0.4) is 0 Å². The molecule has 0 radical (unpaired) electrons. The van der Waals surface area contributed by atoms with Crippen molar-refractivity contribution in [2.45, 2.75) is 19.9 Å². The van der Waals surface area contributed by atoms with Crippen LogP contribution in [0.2, 0.25) is 0 Å². The van der Waals surface area contributed by atoms with E-state index in [1.807, 2.05) is 43.0 Å². The van der Waals surface area contributed by atoms with Crippen molar-refractivity contribution >= 4 is 23.1 Å². The normalized spacial score (nSPS) is 17.8. The molecule has 1 heterocycles. The zero-order chi connectivity index (χ0) is 14.7. The molecule has 1 aliphatic heterocycles. The average molecular weight is 291 g/mol. The molecule has 0 bridgehead atoms. The van der Waals surface area contributed by atoms with Gasteiger partial charge in [0.15, 0.2) is 0 Å². The van der Waals surface area contributed by atoms with E-state index in [4.69, 9.17) is 18.0 Å². The fourth-order valence-corrected chi connectivity index (χ4v) is 2.62. The van der Waals surface area contributed by atoms with Gasteiger partial charge < -0.3 is 10.6 Å². The van der Waals surface area contributed by atoms with Crippen LogP contribution < -0.4 is 5.73 Å². The number of amides is 1. The number of benzene rings is 1. The summed E-state index contributed by atoms with van der Waals surface area (Å²) in [5, 5.41) is 0. The molecule has 0 aliphatic carbocycles. The number of hydrogen-bond acceptors (Lipinski definition) is 3. The summed E-state index contributed by atoms with van der Waals surface area (Å²) in [6, 6.07) is 7.82. The Bertz CT molecular complexity index is 510. The first kappa shape index (κ1) is 14.9. The van der Waals surface area contributed by atoms with E-state index in [2.05, 4.69) is 4.90 Å². The Balaban J connectivity index is 1.99. The summed E-state index contributed by atoms with van der Waals surface area (Å²) >= 11 is 5.03. The number of carbonyl (C=O) groups is 1. The highest BCUT2D eigenvalue weighted by atomic mass is 32.1. The second kappa shape index (κ2) is 6.33. The maximum atomic E-state index is 12.5. The number of hydrogen-bond donors (Lipinski definition) is 1. The molecular weight excluding hydrogens is 270 g/mol. The number of piperazine rings is 1. The van der Waals surface area contributed by atoms with E-state index in [0.717, 1.165) is 37.3 Å². The maximum absolute atomic E-state index is 12.5. The Labute approximate surface area is 125 Å². The van der Waals surface area contributed by atoms with Crippen LogP contribution in [0.4, 0.5) is 0 Å². The molecule has 1 unspecified atom stereocenters. The maximum Gasteiger partial charge on any atom is 0.254 e. The van der Waals surface area contributed by atoms with Crippen LogP contribution in [0, 0.1) is 6.92 Å². The van der Waals surface area contributed by atoms with Gasteiger partial charge in [0.1, 0.15) is 0 Å². The van der Waals surface area contributed by atoms with Crippen molar-refractivity contribution in [2.75, 3.05) is 26.2 Å². The van der Waals surface area contributed by atoms with Gasteiger partial charge in [-0.1, -0.05) is 30.4 Å². The van der Waals surface area contributed by atoms with Gasteiger partial charge in [-0.25, -0.2) is 0 Å². The van der Waals surface area contributed by atoms with Crippen molar-refractivity contribution in [1.82, 2.24) is 9.80 Å². The highest BCUT2D eigenvalue weighted by Gasteiger charge is 2.26. The standard InChI is InChI=1S/C15H21N3OS/c1-11-5-3-4-6-13(11)15(19)18-9-7-17(8-10-18)12(2)14(16)20/h3-6,12H,7-10H2,1-2H3,(H2,16,20). The van der Waals surface area contributed by atoms with Crippen LogP contribution in [0.15, 0.2) is 24.3 Å². The number of nitrogens with zero attached hydrogens (tertiary/aromatic N) is 2. The third-order valence-electron chi connectivity index (χ3n) is 3.94. The first-order valence-electron chi connectivity index (χ1n) is 6.89. The van der Waals surface area contributed by atoms with Crippen LogP contribution in [0.1, 0.15) is 22.8 Å². The molecule has 20 heavy (non-hydrogen) atoms. The van der Waals surface area contributed by atoms with Gasteiger partial charge in [-0.15, -0.1) is 0 Å². The molecule has 1 aromatic rings. The second-order valence-electron chi connectivity index (χ2n) is 5.22. The first-order chi connectivity index (χ1) is 9.50. The Morgan fingerprint density at radius 3 is 2.40 bits per heavy atom. The molecule has 2 rings (SSSR count). The molecule has 1 aliphatic rings. The summed E-state index contributed by atoms with van der Waals surface area (Å²) in [6.07, 6.45) is 0. The van der Waals surface area contributed by atoms with Gasteiger partial charge in [0.05, 0.1) is 11.0 Å². The minimum atomic E-state index is 0.0979. The molecule has 1 saturated heterocycles. The zero-order valence-corrected chi connectivity index (χ0v) is 12.8. The zero-order valence-electron chi connectivity index (χ0n) is 12.0. The summed E-state index contributed by atoms with van der Waals surface area (Å²) in [7, 11) is 0. The lowest BCUT2D eigenvalue weighted by Crippen LogP contribution is -2.54. The van der Waals surface area contributed by atoms with E-state index in [-0.39, 0.29) is 11.9 Å². The van der Waals surface area contributed by atoms with Crippen LogP contribution in [0.25, 0.3) is 0 Å². The largest absolute Gasteiger partial charge is 0.392 e. The van der Waals surface area contributed by atoms with Crippen LogP contribution in [-0.4, -0.2) is 52.9 Å². The molecule has 108 valence electrons. The van der Waals surface area contributed by atoms with Crippen molar-refractivity contribution in [3.63, 3.8) is 0 Å². The van der Waals surface area contributed by atoms with Crippen molar-refractivity contribution in [2.24, 2.45) is 5.73 Å². The topological polar surface area (TPSA) is 49.6 Å². The summed E-state index contributed by atoms with van der Waals surface area (Å²) in [6.45, 7) is 7.06. The van der Waals surface area contributed by atoms with Crippen molar-refractivity contribution in [1.29, 1.82) is 0 Å². The summed E-state index contributed by atoms with van der Waals surface area (Å²) in [4.78, 5) is 17.1. The number of nitrogens with two attached hydrogens (primary N) is 1. The lowest BCUT2D eigenvalue weighted by atomic mass is 10.1. The van der Waals surface area contributed by atoms with E-state index in [0.29, 0.717) is 4.99 Å². The number of carbonyl (C=O) groups excluding carboxylic acids is 1. The first-order valence-corrected chi connectivity index (χ1v) is 7.30. The molecule has 5 heteroatoms. The molecular formula is C15H21N3OS. The molecule has 1 aromatic carbocycles. The van der Waals surface area contributed by atoms with Crippen molar-refractivity contribution in [3.05, 3.63) is 35.4 Å². The van der Waals surface area contributed by atoms with Gasteiger partial charge in [0.2, 0.25) is 0 Å². The van der Waals surface area contributed by atoms with Gasteiger partial charge in [-0.05, 0) is 25.5 Å². The monoisotopic (exact) mass is 291 g/mol. The minimum Gasteiger partial charge on any atom is -0.392 e. The SMILES string of the molecule is Cc1ccccc1C(=O)N1CCN(C(C)C(N)=S)CC1. The quantitative estimate of drug-likeness (QED) is 0.856. The number of rotatable bonds is 3. The molecule has 0 aromatic heterocycles. The highest BCUT2D eigenvalue weighted by Crippen LogP contribution is 2.13. The summed E-state index contributed by atoms with van der Waals surface area (Å²) in [5.41, 5.74) is 7.50. The van der Waals surface area contributed by atoms with E-state index < -0.39 is 0 Å². The van der Waals surface area contributed by atoms with Gasteiger partial charge >= 0.3 is 0 Å². The number of aryl methyl sites for hydroxylation is 1. The average Bonchev–Trinajstić information content (AvgIpc) is 2.46. The van der Waals surface area contributed by atoms with Gasteiger partial charge in [-0.3, -0.25) is 9.69 Å². The third kappa shape index (κ3) is 3.16. The summed E-state index contributed by atoms with van der Waals surface area (Å²) in [5.74, 6) is 0.116. The van der Waals surface area contributed by atoms with E-state index >= 15 is 0 Å². The van der Waals surface area contributed by atoms with Crippen LogP contribution in [-0.2, 0) is 0 Å². The molecule has 4 nitrogen and oxygen atoms in total. The van der Waals surface area contributed by atoms with E-state index in [9.17, 15) is 4.79 Å². The molecule has 1 amide bonds. The summed E-state index contributed by atoms with van der Waals surface area (Å²) < 4.78 is 0. The molecule has 2 N–H and O–H groups in total. The molecule has 1 atom stereocenters. The van der Waals surface area contributed by atoms with Gasteiger partial charge in [0.25, 0.3) is 5.91 Å². The van der Waals surface area contributed by atoms with Crippen molar-refractivity contribution in [3.8, 4) is 0 Å². The molecule has 1 fully saturated rings. The Hall–Kier alpha value is -1.46. The lowest BCUT2D eigenvalue weighted by Gasteiger charge is -2.37. The molecule has 0 spiro atoms. The Kier molecular flexibility index (Phi) is 4.73. The van der Waals surface area contributed by atoms with Crippen molar-refractivity contribution < 1.29 is 4.79 Å². The van der Waals surface area contributed by atoms with E-state index in [1.165, 1.54) is 0 Å². The second-order valence-corrected chi connectivity index (χ2v) is 5.69. The smallest absolute Gasteiger partial charge is 0.254 e. The minimum absolute atomic E-state index is 0.0979. The van der Waals surface area contributed by atoms with E-state index in [1.54, 1.807) is 0 Å². The fourth-order valence-electron chi connectivity index (χ4n) is 2.48. The highest BCUT2D eigenvalue weighted by molar-refractivity contribution is 7.80. The van der Waals surface area contributed by atoms with Gasteiger partial charge in [-0.2, -0.15) is 0 Å². The third-order valence-corrected chi connectivity index (χ3v) is 4.28. The Morgan fingerprint density at radius 2 is 1.85 bits per heavy atom. The lowest BCUT2D eigenvalue weighted by molar-refractivity contribution is 0.0621.